The average molecular weight is 258 g/mol. The van der Waals surface area contributed by atoms with E-state index in [-0.39, 0.29) is 6.10 Å². The van der Waals surface area contributed by atoms with Crippen LogP contribution in [0.1, 0.15) is 47.0 Å². The molecular weight excluding hydrogens is 224 g/mol. The van der Waals surface area contributed by atoms with Gasteiger partial charge in [-0.15, -0.1) is 0 Å². The fourth-order valence-electron chi connectivity index (χ4n) is 1.88. The van der Waals surface area contributed by atoms with E-state index >= 15 is 0 Å². The van der Waals surface area contributed by atoms with E-state index in [1.54, 1.807) is 7.11 Å². The van der Waals surface area contributed by atoms with Crippen LogP contribution in [-0.4, -0.2) is 44.3 Å². The van der Waals surface area contributed by atoms with Gasteiger partial charge in [-0.2, -0.15) is 0 Å². The minimum atomic E-state index is 0.214. The van der Waals surface area contributed by atoms with Gasteiger partial charge in [0.05, 0.1) is 6.10 Å². The van der Waals surface area contributed by atoms with Gasteiger partial charge in [-0.1, -0.05) is 27.7 Å². The quantitative estimate of drug-likeness (QED) is 0.619. The maximum absolute atomic E-state index is 5.67. The van der Waals surface area contributed by atoms with Gasteiger partial charge in [-0.05, 0) is 44.2 Å². The molecule has 18 heavy (non-hydrogen) atoms. The van der Waals surface area contributed by atoms with Crippen molar-refractivity contribution in [3.63, 3.8) is 0 Å². The van der Waals surface area contributed by atoms with E-state index in [1.807, 2.05) is 0 Å². The molecule has 0 aliphatic heterocycles. The van der Waals surface area contributed by atoms with Gasteiger partial charge in [0.15, 0.2) is 0 Å². The van der Waals surface area contributed by atoms with Crippen molar-refractivity contribution in [2.24, 2.45) is 17.6 Å². The molecule has 3 heteroatoms. The van der Waals surface area contributed by atoms with Crippen LogP contribution in [0, 0.1) is 11.8 Å². The first kappa shape index (κ1) is 17.9. The third kappa shape index (κ3) is 9.86. The van der Waals surface area contributed by atoms with Crippen molar-refractivity contribution in [2.75, 3.05) is 33.3 Å². The highest BCUT2D eigenvalue weighted by molar-refractivity contribution is 4.66. The number of hydrogen-bond donors (Lipinski definition) is 1. The van der Waals surface area contributed by atoms with Crippen molar-refractivity contribution in [3.8, 4) is 0 Å². The first-order chi connectivity index (χ1) is 8.49. The third-order valence-electron chi connectivity index (χ3n) is 3.41. The second-order valence-electron chi connectivity index (χ2n) is 6.09. The summed E-state index contributed by atoms with van der Waals surface area (Å²) >= 11 is 0. The molecule has 0 aromatic carbocycles. The van der Waals surface area contributed by atoms with Crippen LogP contribution < -0.4 is 5.73 Å². The summed E-state index contributed by atoms with van der Waals surface area (Å²) in [5, 5.41) is 0. The summed E-state index contributed by atoms with van der Waals surface area (Å²) in [6.45, 7) is 13.3. The molecule has 1 unspecified atom stereocenters. The van der Waals surface area contributed by atoms with Crippen LogP contribution in [-0.2, 0) is 4.74 Å². The Bertz CT molecular complexity index is 167. The van der Waals surface area contributed by atoms with E-state index < -0.39 is 0 Å². The summed E-state index contributed by atoms with van der Waals surface area (Å²) in [7, 11) is 1.75. The molecule has 0 amide bonds. The summed E-state index contributed by atoms with van der Waals surface area (Å²) < 4.78 is 5.35. The van der Waals surface area contributed by atoms with Crippen molar-refractivity contribution >= 4 is 0 Å². The van der Waals surface area contributed by atoms with E-state index in [4.69, 9.17) is 10.5 Å². The SMILES string of the molecule is COC(CN)CCN(CCC(C)C)CCC(C)C. The summed E-state index contributed by atoms with van der Waals surface area (Å²) in [5.41, 5.74) is 5.67. The lowest BCUT2D eigenvalue weighted by atomic mass is 10.1. The molecule has 0 fully saturated rings. The lowest BCUT2D eigenvalue weighted by Gasteiger charge is -2.25. The second kappa shape index (κ2) is 10.8. The molecule has 0 radical (unpaired) electrons. The maximum Gasteiger partial charge on any atom is 0.0705 e. The fraction of sp³-hybridized carbons (Fsp3) is 1.00. The Labute approximate surface area is 114 Å². The highest BCUT2D eigenvalue weighted by Gasteiger charge is 2.11. The van der Waals surface area contributed by atoms with Crippen molar-refractivity contribution in [3.05, 3.63) is 0 Å². The molecule has 0 aliphatic rings. The van der Waals surface area contributed by atoms with Crippen LogP contribution in [0.15, 0.2) is 0 Å². The molecule has 0 spiro atoms. The second-order valence-corrected chi connectivity index (χ2v) is 6.09. The predicted octanol–water partition coefficient (Wildman–Crippen LogP) is 2.74. The largest absolute Gasteiger partial charge is 0.380 e. The van der Waals surface area contributed by atoms with Gasteiger partial charge < -0.3 is 15.4 Å². The Morgan fingerprint density at radius 3 is 1.67 bits per heavy atom. The molecule has 0 rings (SSSR count). The monoisotopic (exact) mass is 258 g/mol. The van der Waals surface area contributed by atoms with Crippen LogP contribution in [0.2, 0.25) is 0 Å². The van der Waals surface area contributed by atoms with Crippen molar-refractivity contribution in [1.29, 1.82) is 0 Å². The van der Waals surface area contributed by atoms with Crippen molar-refractivity contribution in [1.82, 2.24) is 4.90 Å². The molecule has 0 aromatic rings. The summed E-state index contributed by atoms with van der Waals surface area (Å²) in [5.74, 6) is 1.55. The molecule has 0 bridgehead atoms. The Kier molecular flexibility index (Phi) is 10.7. The van der Waals surface area contributed by atoms with Crippen LogP contribution in [0.5, 0.6) is 0 Å². The van der Waals surface area contributed by atoms with E-state index in [1.165, 1.54) is 25.9 Å². The predicted molar refractivity (Wildman–Crippen MR) is 79.8 cm³/mol. The number of methoxy groups -OCH3 is 1. The molecule has 2 N–H and O–H groups in total. The zero-order valence-electron chi connectivity index (χ0n) is 13.1. The molecule has 3 nitrogen and oxygen atoms in total. The molecule has 1 atom stereocenters. The van der Waals surface area contributed by atoms with Gasteiger partial charge in [-0.3, -0.25) is 0 Å². The number of nitrogens with zero attached hydrogens (tertiary/aromatic N) is 1. The maximum atomic E-state index is 5.67. The Morgan fingerprint density at radius 2 is 1.33 bits per heavy atom. The first-order valence-corrected chi connectivity index (χ1v) is 7.44. The van der Waals surface area contributed by atoms with Crippen LogP contribution >= 0.6 is 0 Å². The molecule has 0 aliphatic carbocycles. The fourth-order valence-corrected chi connectivity index (χ4v) is 1.88. The average Bonchev–Trinajstić information content (AvgIpc) is 2.32. The standard InChI is InChI=1S/C15H34N2O/c1-13(2)6-9-17(10-7-14(3)4)11-8-15(12-16)18-5/h13-15H,6-12,16H2,1-5H3. The smallest absolute Gasteiger partial charge is 0.0705 e. The van der Waals surface area contributed by atoms with Gasteiger partial charge in [0.1, 0.15) is 0 Å². The number of nitrogens with two attached hydrogens (primary N) is 1. The molecular formula is C15H34N2O. The molecule has 0 saturated carbocycles. The Morgan fingerprint density at radius 1 is 0.889 bits per heavy atom. The highest BCUT2D eigenvalue weighted by Crippen LogP contribution is 2.08. The number of ether oxygens (including phenoxy) is 1. The summed E-state index contributed by atoms with van der Waals surface area (Å²) in [6, 6.07) is 0. The lowest BCUT2D eigenvalue weighted by molar-refractivity contribution is 0.0879. The zero-order chi connectivity index (χ0) is 14.0. The lowest BCUT2D eigenvalue weighted by Crippen LogP contribution is -2.33. The highest BCUT2D eigenvalue weighted by atomic mass is 16.5. The first-order valence-electron chi connectivity index (χ1n) is 7.44. The van der Waals surface area contributed by atoms with E-state index in [2.05, 4.69) is 32.6 Å². The van der Waals surface area contributed by atoms with Gasteiger partial charge in [0.25, 0.3) is 0 Å². The van der Waals surface area contributed by atoms with Gasteiger partial charge in [0.2, 0.25) is 0 Å². The van der Waals surface area contributed by atoms with Crippen molar-refractivity contribution in [2.45, 2.75) is 53.1 Å². The van der Waals surface area contributed by atoms with Crippen molar-refractivity contribution < 1.29 is 4.74 Å². The minimum Gasteiger partial charge on any atom is -0.380 e. The Hall–Kier alpha value is -0.120. The van der Waals surface area contributed by atoms with E-state index in [0.717, 1.165) is 24.8 Å². The Balaban J connectivity index is 4.02. The van der Waals surface area contributed by atoms with Crippen LogP contribution in [0.3, 0.4) is 0 Å². The molecule has 0 saturated heterocycles. The van der Waals surface area contributed by atoms with Crippen LogP contribution in [0.4, 0.5) is 0 Å². The van der Waals surface area contributed by atoms with E-state index in [9.17, 15) is 0 Å². The molecule has 0 aromatic heterocycles. The van der Waals surface area contributed by atoms with Crippen LogP contribution in [0.25, 0.3) is 0 Å². The number of hydrogen-bond acceptors (Lipinski definition) is 3. The number of rotatable bonds is 11. The van der Waals surface area contributed by atoms with E-state index in [0.29, 0.717) is 6.54 Å². The van der Waals surface area contributed by atoms with Gasteiger partial charge >= 0.3 is 0 Å². The molecule has 0 heterocycles. The molecule has 110 valence electrons. The van der Waals surface area contributed by atoms with Gasteiger partial charge in [0, 0.05) is 20.2 Å². The topological polar surface area (TPSA) is 38.5 Å². The minimum absolute atomic E-state index is 0.214. The third-order valence-corrected chi connectivity index (χ3v) is 3.41. The normalized spacial score (nSPS) is 13.8. The summed E-state index contributed by atoms with van der Waals surface area (Å²) in [4.78, 5) is 2.57. The zero-order valence-corrected chi connectivity index (χ0v) is 13.1. The van der Waals surface area contributed by atoms with Gasteiger partial charge in [-0.25, -0.2) is 0 Å². The summed E-state index contributed by atoms with van der Waals surface area (Å²) in [6.07, 6.45) is 3.81.